The summed E-state index contributed by atoms with van der Waals surface area (Å²) in [4.78, 5) is 16.9. The van der Waals surface area contributed by atoms with Gasteiger partial charge in [-0.3, -0.25) is 4.79 Å². The first-order valence-electron chi connectivity index (χ1n) is 10.00. The lowest BCUT2D eigenvalue weighted by atomic mass is 9.98. The number of benzene rings is 1. The van der Waals surface area contributed by atoms with Crippen LogP contribution in [-0.2, 0) is 21.4 Å². The number of aromatic nitrogens is 4. The Morgan fingerprint density at radius 3 is 2.87 bits per heavy atom. The molecule has 11 heteroatoms. The molecule has 4 rings (SSSR count). The maximum Gasteiger partial charge on any atom is 0.248 e. The van der Waals surface area contributed by atoms with Gasteiger partial charge in [-0.25, -0.2) is 18.1 Å². The quantitative estimate of drug-likeness (QED) is 0.616. The molecular weight excluding hydrogens is 420 g/mol. The van der Waals surface area contributed by atoms with Gasteiger partial charge in [0.15, 0.2) is 5.76 Å². The minimum atomic E-state index is -3.77. The van der Waals surface area contributed by atoms with Crippen molar-refractivity contribution in [3.8, 4) is 0 Å². The van der Waals surface area contributed by atoms with E-state index in [1.165, 1.54) is 10.6 Å². The Morgan fingerprint density at radius 2 is 2.16 bits per heavy atom. The van der Waals surface area contributed by atoms with Crippen LogP contribution in [0.3, 0.4) is 0 Å². The third-order valence-electron chi connectivity index (χ3n) is 5.33. The Kier molecular flexibility index (Phi) is 5.88. The van der Waals surface area contributed by atoms with Crippen LogP contribution in [-0.4, -0.2) is 51.6 Å². The van der Waals surface area contributed by atoms with Crippen LogP contribution in [0.4, 0.5) is 5.69 Å². The molecule has 1 saturated heterocycles. The Morgan fingerprint density at radius 1 is 1.32 bits per heavy atom. The molecule has 1 fully saturated rings. The Bertz CT molecular complexity index is 1150. The van der Waals surface area contributed by atoms with E-state index in [1.807, 2.05) is 24.3 Å². The Balaban J connectivity index is 1.45. The highest BCUT2D eigenvalue weighted by atomic mass is 32.2. The summed E-state index contributed by atoms with van der Waals surface area (Å²) in [5.41, 5.74) is 1.95. The van der Waals surface area contributed by atoms with Crippen molar-refractivity contribution in [1.82, 2.24) is 24.2 Å². The van der Waals surface area contributed by atoms with E-state index in [0.29, 0.717) is 37.3 Å². The standard InChI is InChI=1S/C20H24N6O4S/c1-14-19(15(2)30-24-14)31(28,29)26-8-4-6-17(11-26)20(27)23-18-7-3-5-16(9-18)10-25-13-21-12-22-25/h3,5,7,9,12-13,17H,4,6,8,10-11H2,1-2H3,(H,23,27). The highest BCUT2D eigenvalue weighted by Gasteiger charge is 2.36. The van der Waals surface area contributed by atoms with Crippen molar-refractivity contribution in [2.24, 2.45) is 5.92 Å². The molecule has 2 aromatic heterocycles. The molecule has 3 heterocycles. The van der Waals surface area contributed by atoms with E-state index in [-0.39, 0.29) is 23.1 Å². The van der Waals surface area contributed by atoms with Gasteiger partial charge in [0.05, 0.1) is 12.5 Å². The van der Waals surface area contributed by atoms with Crippen molar-refractivity contribution < 1.29 is 17.7 Å². The summed E-state index contributed by atoms with van der Waals surface area (Å²) in [6.45, 7) is 4.20. The molecular formula is C20H24N6O4S. The van der Waals surface area contributed by atoms with Gasteiger partial charge in [0.1, 0.15) is 23.2 Å². The lowest BCUT2D eigenvalue weighted by molar-refractivity contribution is -0.120. The lowest BCUT2D eigenvalue weighted by Crippen LogP contribution is -2.43. The number of piperidine rings is 1. The second-order valence-corrected chi connectivity index (χ2v) is 9.51. The summed E-state index contributed by atoms with van der Waals surface area (Å²) in [6.07, 6.45) is 4.32. The molecule has 10 nitrogen and oxygen atoms in total. The predicted molar refractivity (Wildman–Crippen MR) is 112 cm³/mol. The number of nitrogens with zero attached hydrogens (tertiary/aromatic N) is 5. The first-order chi connectivity index (χ1) is 14.8. The maximum absolute atomic E-state index is 13.1. The van der Waals surface area contributed by atoms with E-state index in [0.717, 1.165) is 5.56 Å². The lowest BCUT2D eigenvalue weighted by Gasteiger charge is -2.31. The number of nitrogens with one attached hydrogen (secondary N) is 1. The second kappa shape index (κ2) is 8.60. The van der Waals surface area contributed by atoms with Crippen LogP contribution in [0.1, 0.15) is 29.9 Å². The molecule has 164 valence electrons. The first kappa shape index (κ1) is 21.2. The van der Waals surface area contributed by atoms with Crippen LogP contribution < -0.4 is 5.32 Å². The Labute approximate surface area is 180 Å². The van der Waals surface area contributed by atoms with Gasteiger partial charge in [-0.05, 0) is 44.4 Å². The summed E-state index contributed by atoms with van der Waals surface area (Å²) < 4.78 is 34.3. The van der Waals surface area contributed by atoms with Crippen molar-refractivity contribution in [3.05, 3.63) is 53.9 Å². The normalized spacial score (nSPS) is 17.5. The molecule has 0 bridgehead atoms. The van der Waals surface area contributed by atoms with E-state index in [2.05, 4.69) is 20.6 Å². The van der Waals surface area contributed by atoms with Crippen LogP contribution in [0, 0.1) is 19.8 Å². The van der Waals surface area contributed by atoms with Crippen molar-refractivity contribution in [2.45, 2.75) is 38.1 Å². The van der Waals surface area contributed by atoms with E-state index in [9.17, 15) is 13.2 Å². The van der Waals surface area contributed by atoms with Crippen molar-refractivity contribution in [2.75, 3.05) is 18.4 Å². The molecule has 0 spiro atoms. The van der Waals surface area contributed by atoms with Gasteiger partial charge in [-0.15, -0.1) is 0 Å². The molecule has 0 aliphatic carbocycles. The first-order valence-corrected chi connectivity index (χ1v) is 11.4. The molecule has 1 atom stereocenters. The molecule has 3 aromatic rings. The van der Waals surface area contributed by atoms with Gasteiger partial charge in [-0.1, -0.05) is 17.3 Å². The smallest absolute Gasteiger partial charge is 0.248 e. The number of rotatable bonds is 6. The number of hydrogen-bond acceptors (Lipinski definition) is 7. The monoisotopic (exact) mass is 444 g/mol. The van der Waals surface area contributed by atoms with E-state index < -0.39 is 15.9 Å². The van der Waals surface area contributed by atoms with Crippen molar-refractivity contribution >= 4 is 21.6 Å². The SMILES string of the molecule is Cc1noc(C)c1S(=O)(=O)N1CCCC(C(=O)Nc2cccc(Cn3cncn3)c2)C1. The van der Waals surface area contributed by atoms with Crippen LogP contribution in [0.5, 0.6) is 0 Å². The van der Waals surface area contributed by atoms with E-state index in [1.54, 1.807) is 24.9 Å². The number of sulfonamides is 1. The third-order valence-corrected chi connectivity index (χ3v) is 7.44. The third kappa shape index (κ3) is 4.52. The Hall–Kier alpha value is -3.05. The molecule has 1 amide bonds. The van der Waals surface area contributed by atoms with Crippen LogP contribution in [0.15, 0.2) is 46.3 Å². The van der Waals surface area contributed by atoms with Gasteiger partial charge in [0.2, 0.25) is 15.9 Å². The van der Waals surface area contributed by atoms with Crippen molar-refractivity contribution in [3.63, 3.8) is 0 Å². The van der Waals surface area contributed by atoms with Crippen LogP contribution in [0.25, 0.3) is 0 Å². The summed E-state index contributed by atoms with van der Waals surface area (Å²) in [5, 5.41) is 10.8. The van der Waals surface area contributed by atoms with Gasteiger partial charge in [0, 0.05) is 18.8 Å². The highest BCUT2D eigenvalue weighted by Crippen LogP contribution is 2.28. The molecule has 31 heavy (non-hydrogen) atoms. The molecule has 1 aliphatic heterocycles. The molecule has 1 aliphatic rings. The summed E-state index contributed by atoms with van der Waals surface area (Å²) >= 11 is 0. The molecule has 0 radical (unpaired) electrons. The maximum atomic E-state index is 13.1. The van der Waals surface area contributed by atoms with Gasteiger partial charge < -0.3 is 9.84 Å². The predicted octanol–water partition coefficient (Wildman–Crippen LogP) is 1.97. The minimum Gasteiger partial charge on any atom is -0.360 e. The molecule has 1 unspecified atom stereocenters. The topological polar surface area (TPSA) is 123 Å². The van der Waals surface area contributed by atoms with E-state index in [4.69, 9.17) is 4.52 Å². The number of amides is 1. The minimum absolute atomic E-state index is 0.0920. The second-order valence-electron chi connectivity index (χ2n) is 7.64. The molecule has 0 saturated carbocycles. The number of aryl methyl sites for hydroxylation is 2. The molecule has 1 aromatic carbocycles. The largest absolute Gasteiger partial charge is 0.360 e. The van der Waals surface area contributed by atoms with Gasteiger partial charge in [-0.2, -0.15) is 9.40 Å². The fourth-order valence-corrected chi connectivity index (χ4v) is 5.65. The number of anilines is 1. The zero-order chi connectivity index (χ0) is 22.0. The fourth-order valence-electron chi connectivity index (χ4n) is 3.84. The highest BCUT2D eigenvalue weighted by molar-refractivity contribution is 7.89. The fraction of sp³-hybridized carbons (Fsp3) is 0.400. The average Bonchev–Trinajstić information content (AvgIpc) is 3.37. The van der Waals surface area contributed by atoms with Crippen molar-refractivity contribution in [1.29, 1.82) is 0 Å². The van der Waals surface area contributed by atoms with Crippen LogP contribution >= 0.6 is 0 Å². The van der Waals surface area contributed by atoms with Gasteiger partial charge >= 0.3 is 0 Å². The van der Waals surface area contributed by atoms with Crippen LogP contribution in [0.2, 0.25) is 0 Å². The summed E-state index contributed by atoms with van der Waals surface area (Å²) in [5.74, 6) is -0.382. The van der Waals surface area contributed by atoms with Gasteiger partial charge in [0.25, 0.3) is 0 Å². The summed E-state index contributed by atoms with van der Waals surface area (Å²) in [7, 11) is -3.77. The number of hydrogen-bond donors (Lipinski definition) is 1. The number of carbonyl (C=O) groups is 1. The summed E-state index contributed by atoms with van der Waals surface area (Å²) in [6, 6.07) is 7.48. The average molecular weight is 445 g/mol. The number of carbonyl (C=O) groups excluding carboxylic acids is 1. The zero-order valence-electron chi connectivity index (χ0n) is 17.4. The van der Waals surface area contributed by atoms with E-state index >= 15 is 0 Å². The zero-order valence-corrected chi connectivity index (χ0v) is 18.2. The molecule has 1 N–H and O–H groups in total.